The van der Waals surface area contributed by atoms with Crippen LogP contribution in [0.2, 0.25) is 0 Å². The second-order valence-electron chi connectivity index (χ2n) is 7.97. The molecule has 0 spiro atoms. The smallest absolute Gasteiger partial charge is 0.258 e. The highest BCUT2D eigenvalue weighted by Crippen LogP contribution is 2.29. The lowest BCUT2D eigenvalue weighted by Crippen LogP contribution is -2.35. The molecule has 32 heavy (non-hydrogen) atoms. The fourth-order valence-corrected chi connectivity index (χ4v) is 4.30. The van der Waals surface area contributed by atoms with Crippen LogP contribution in [0.15, 0.2) is 71.9 Å². The Kier molecular flexibility index (Phi) is 7.15. The molecule has 2 heterocycles. The number of nitrogens with zero attached hydrogens (tertiary/aromatic N) is 2. The molecule has 2 N–H and O–H groups in total. The lowest BCUT2D eigenvalue weighted by molar-refractivity contribution is 0.0125. The predicted molar refractivity (Wildman–Crippen MR) is 128 cm³/mol. The van der Waals surface area contributed by atoms with Crippen molar-refractivity contribution in [3.63, 3.8) is 0 Å². The van der Waals surface area contributed by atoms with Gasteiger partial charge in [0.25, 0.3) is 5.91 Å². The van der Waals surface area contributed by atoms with Gasteiger partial charge in [-0.05, 0) is 67.1 Å². The second kappa shape index (κ2) is 10.2. The molecule has 1 saturated heterocycles. The van der Waals surface area contributed by atoms with Gasteiger partial charge in [0.2, 0.25) is 0 Å². The van der Waals surface area contributed by atoms with Crippen molar-refractivity contribution in [1.82, 2.24) is 5.32 Å². The third-order valence-electron chi connectivity index (χ3n) is 5.82. The number of para-hydroxylation sites is 1. The van der Waals surface area contributed by atoms with Gasteiger partial charge in [-0.2, -0.15) is 0 Å². The third-order valence-corrected chi connectivity index (χ3v) is 6.14. The highest BCUT2D eigenvalue weighted by atomic mass is 35.5. The first-order valence-electron chi connectivity index (χ1n) is 10.8. The van der Waals surface area contributed by atoms with Gasteiger partial charge in [-0.1, -0.05) is 29.8 Å². The number of aliphatic hydroxyl groups is 1. The molecule has 1 amide bonds. The summed E-state index contributed by atoms with van der Waals surface area (Å²) in [4.78, 5) is 16.9. The van der Waals surface area contributed by atoms with Gasteiger partial charge in [0, 0.05) is 43.7 Å². The first kappa shape index (κ1) is 22.4. The summed E-state index contributed by atoms with van der Waals surface area (Å²) in [5, 5.41) is 13.4. The van der Waals surface area contributed by atoms with Crippen LogP contribution in [-0.4, -0.2) is 50.1 Å². The maximum absolute atomic E-state index is 13.0. The van der Waals surface area contributed by atoms with Gasteiger partial charge in [-0.3, -0.25) is 4.79 Å². The molecular formula is C25H28ClN3O3. The lowest BCUT2D eigenvalue weighted by Gasteiger charge is -2.26. The summed E-state index contributed by atoms with van der Waals surface area (Å²) >= 11 is 6.24. The number of aliphatic hydroxyl groups excluding tert-OH is 1. The summed E-state index contributed by atoms with van der Waals surface area (Å²) < 4.78 is 6.14. The molecule has 2 atom stereocenters. The third kappa shape index (κ3) is 4.99. The summed E-state index contributed by atoms with van der Waals surface area (Å²) in [6.07, 6.45) is 6.58. The molecule has 168 valence electrons. The fraction of sp³-hybridized carbons (Fsp3) is 0.320. The summed E-state index contributed by atoms with van der Waals surface area (Å²) in [6.45, 7) is 1.58. The van der Waals surface area contributed by atoms with Gasteiger partial charge in [0.05, 0.1) is 11.1 Å². The maximum Gasteiger partial charge on any atom is 0.258 e. The van der Waals surface area contributed by atoms with Crippen LogP contribution >= 0.6 is 11.6 Å². The summed E-state index contributed by atoms with van der Waals surface area (Å²) in [5.41, 5.74) is 3.42. The largest absolute Gasteiger partial charge is 0.396 e. The van der Waals surface area contributed by atoms with Gasteiger partial charge in [-0.15, -0.1) is 0 Å². The molecule has 0 aromatic heterocycles. The maximum atomic E-state index is 13.0. The number of anilines is 2. The van der Waals surface area contributed by atoms with E-state index in [1.807, 2.05) is 66.9 Å². The Bertz CT molecular complexity index is 1010. The van der Waals surface area contributed by atoms with Crippen molar-refractivity contribution in [2.24, 2.45) is 0 Å². The van der Waals surface area contributed by atoms with E-state index in [2.05, 4.69) is 10.2 Å². The van der Waals surface area contributed by atoms with Crippen molar-refractivity contribution in [2.45, 2.75) is 25.2 Å². The number of carbonyl (C=O) groups is 1. The van der Waals surface area contributed by atoms with Crippen LogP contribution in [0.25, 0.3) is 0 Å². The van der Waals surface area contributed by atoms with Crippen molar-refractivity contribution in [3.05, 3.63) is 83.0 Å². The zero-order valence-electron chi connectivity index (χ0n) is 18.1. The predicted octanol–water partition coefficient (Wildman–Crippen LogP) is 3.66. The van der Waals surface area contributed by atoms with Gasteiger partial charge in [-0.25, -0.2) is 0 Å². The van der Waals surface area contributed by atoms with Crippen LogP contribution in [0, 0.1) is 0 Å². The SMILES string of the molecule is CN(C(=O)c1ccc(N2CC[C@H](OC3NC=CC=C3Cl)C2)c(CCO)c1)c1ccccc1. The average molecular weight is 454 g/mol. The van der Waals surface area contributed by atoms with Gasteiger partial charge in [0.15, 0.2) is 6.23 Å². The van der Waals surface area contributed by atoms with E-state index in [1.165, 1.54) is 0 Å². The van der Waals surface area contributed by atoms with E-state index in [9.17, 15) is 9.90 Å². The fourth-order valence-electron chi connectivity index (χ4n) is 4.12. The highest BCUT2D eigenvalue weighted by Gasteiger charge is 2.28. The molecule has 2 aromatic carbocycles. The average Bonchev–Trinajstić information content (AvgIpc) is 3.28. The van der Waals surface area contributed by atoms with Crippen LogP contribution in [-0.2, 0) is 11.2 Å². The molecule has 2 aliphatic rings. The van der Waals surface area contributed by atoms with Gasteiger partial charge >= 0.3 is 0 Å². The van der Waals surface area contributed by atoms with Gasteiger partial charge in [0.1, 0.15) is 0 Å². The number of dihydropyridines is 1. The summed E-state index contributed by atoms with van der Waals surface area (Å²) in [7, 11) is 1.77. The Balaban J connectivity index is 1.48. The molecule has 4 rings (SSSR count). The van der Waals surface area contributed by atoms with Crippen LogP contribution < -0.4 is 15.1 Å². The van der Waals surface area contributed by atoms with E-state index in [0.717, 1.165) is 36.4 Å². The second-order valence-corrected chi connectivity index (χ2v) is 8.40. The van der Waals surface area contributed by atoms with Crippen molar-refractivity contribution in [1.29, 1.82) is 0 Å². The standard InChI is InChI=1S/C25H28ClN3O3/c1-28(20-6-3-2-4-7-20)25(31)19-9-10-23(18(16-19)12-15-30)29-14-11-21(17-29)32-24-22(26)8-5-13-27-24/h2-10,13,16,21,24,27,30H,11-12,14-15,17H2,1H3/t21-,24?/m0/s1. The van der Waals surface area contributed by atoms with Crippen molar-refractivity contribution < 1.29 is 14.6 Å². The molecule has 1 unspecified atom stereocenters. The molecule has 0 radical (unpaired) electrons. The highest BCUT2D eigenvalue weighted by molar-refractivity contribution is 6.30. The number of rotatable bonds is 7. The van der Waals surface area contributed by atoms with Gasteiger partial charge < -0.3 is 25.0 Å². The Morgan fingerprint density at radius 1 is 1.28 bits per heavy atom. The Morgan fingerprint density at radius 3 is 2.84 bits per heavy atom. The normalized spacial score (nSPS) is 20.1. The zero-order valence-corrected chi connectivity index (χ0v) is 18.8. The van der Waals surface area contributed by atoms with E-state index < -0.39 is 0 Å². The molecule has 1 fully saturated rings. The Labute approximate surface area is 193 Å². The molecule has 2 aliphatic heterocycles. The number of amides is 1. The topological polar surface area (TPSA) is 65.0 Å². The summed E-state index contributed by atoms with van der Waals surface area (Å²) in [6, 6.07) is 15.3. The van der Waals surface area contributed by atoms with Crippen LogP contribution in [0.3, 0.4) is 0 Å². The number of ether oxygens (including phenoxy) is 1. The van der Waals surface area contributed by atoms with Crippen LogP contribution in [0.1, 0.15) is 22.3 Å². The number of hydrogen-bond donors (Lipinski definition) is 2. The minimum atomic E-state index is -0.322. The number of nitrogens with one attached hydrogen (secondary N) is 1. The zero-order chi connectivity index (χ0) is 22.5. The Morgan fingerprint density at radius 2 is 2.09 bits per heavy atom. The first-order valence-corrected chi connectivity index (χ1v) is 11.2. The summed E-state index contributed by atoms with van der Waals surface area (Å²) in [5.74, 6) is -0.0811. The minimum Gasteiger partial charge on any atom is -0.396 e. The number of halogens is 1. The lowest BCUT2D eigenvalue weighted by atomic mass is 10.0. The van der Waals surface area contributed by atoms with Crippen LogP contribution in [0.5, 0.6) is 0 Å². The van der Waals surface area contributed by atoms with Crippen molar-refractivity contribution in [3.8, 4) is 0 Å². The number of carbonyl (C=O) groups excluding carboxylic acids is 1. The molecule has 0 aliphatic carbocycles. The van der Waals surface area contributed by atoms with Crippen molar-refractivity contribution >= 4 is 28.9 Å². The van der Waals surface area contributed by atoms with E-state index in [-0.39, 0.29) is 24.8 Å². The molecule has 0 bridgehead atoms. The Hall–Kier alpha value is -2.80. The molecule has 7 heteroatoms. The number of hydrogen-bond acceptors (Lipinski definition) is 5. The van der Waals surface area contributed by atoms with E-state index in [1.54, 1.807) is 11.9 Å². The van der Waals surface area contributed by atoms with E-state index in [0.29, 0.717) is 17.0 Å². The van der Waals surface area contributed by atoms with Crippen LogP contribution in [0.4, 0.5) is 11.4 Å². The first-order chi connectivity index (χ1) is 15.6. The van der Waals surface area contributed by atoms with Crippen molar-refractivity contribution in [2.75, 3.05) is 36.5 Å². The quantitative estimate of drug-likeness (QED) is 0.669. The number of allylic oxidation sites excluding steroid dienone is 2. The molecule has 2 aromatic rings. The minimum absolute atomic E-state index is 0.0195. The monoisotopic (exact) mass is 453 g/mol. The molecule has 0 saturated carbocycles. The van der Waals surface area contributed by atoms with E-state index >= 15 is 0 Å². The van der Waals surface area contributed by atoms with E-state index in [4.69, 9.17) is 16.3 Å². The molecular weight excluding hydrogens is 426 g/mol. The molecule has 6 nitrogen and oxygen atoms in total. The number of benzene rings is 2.